The standard InChI is InChI=1S/C14H15N3O4/c1-2-6-17(9-13(18)19)14(20)11-7-12(21-16-11)10-4-3-5-15-8-10/h3-5,7-8H,2,6,9H2,1H3,(H,18,19). The lowest BCUT2D eigenvalue weighted by molar-refractivity contribution is -0.137. The number of nitrogens with zero attached hydrogens (tertiary/aromatic N) is 3. The number of carbonyl (C=O) groups is 2. The van der Waals surface area contributed by atoms with Crippen LogP contribution in [-0.2, 0) is 4.79 Å². The van der Waals surface area contributed by atoms with Crippen LogP contribution < -0.4 is 0 Å². The second-order valence-electron chi connectivity index (χ2n) is 4.44. The van der Waals surface area contributed by atoms with Crippen molar-refractivity contribution in [3.8, 4) is 11.3 Å². The Morgan fingerprint density at radius 1 is 1.43 bits per heavy atom. The number of carboxylic acids is 1. The summed E-state index contributed by atoms with van der Waals surface area (Å²) in [5.74, 6) is -1.11. The molecule has 0 aliphatic heterocycles. The Balaban J connectivity index is 2.19. The number of carboxylic acid groups (broad SMARTS) is 1. The zero-order valence-corrected chi connectivity index (χ0v) is 11.5. The zero-order valence-electron chi connectivity index (χ0n) is 11.5. The van der Waals surface area contributed by atoms with E-state index in [0.717, 1.165) is 0 Å². The molecule has 21 heavy (non-hydrogen) atoms. The summed E-state index contributed by atoms with van der Waals surface area (Å²) in [6.45, 7) is 1.86. The molecule has 0 radical (unpaired) electrons. The van der Waals surface area contributed by atoms with E-state index in [1.54, 1.807) is 24.5 Å². The third-order valence-corrected chi connectivity index (χ3v) is 2.78. The fourth-order valence-corrected chi connectivity index (χ4v) is 1.87. The molecule has 2 aromatic rings. The number of hydrogen-bond acceptors (Lipinski definition) is 5. The van der Waals surface area contributed by atoms with Crippen LogP contribution in [-0.4, -0.2) is 45.1 Å². The van der Waals surface area contributed by atoms with E-state index < -0.39 is 11.9 Å². The van der Waals surface area contributed by atoms with Crippen molar-refractivity contribution in [2.75, 3.05) is 13.1 Å². The number of rotatable bonds is 6. The lowest BCUT2D eigenvalue weighted by Gasteiger charge is -2.18. The van der Waals surface area contributed by atoms with Gasteiger partial charge in [0, 0.05) is 30.6 Å². The molecule has 0 atom stereocenters. The fourth-order valence-electron chi connectivity index (χ4n) is 1.87. The SMILES string of the molecule is CCCN(CC(=O)O)C(=O)c1cc(-c2cccnc2)on1. The summed E-state index contributed by atoms with van der Waals surface area (Å²) in [5.41, 5.74) is 0.785. The molecule has 1 N–H and O–H groups in total. The molecule has 7 heteroatoms. The summed E-state index contributed by atoms with van der Waals surface area (Å²) in [5, 5.41) is 12.6. The first-order valence-electron chi connectivity index (χ1n) is 6.50. The number of aromatic nitrogens is 2. The second-order valence-corrected chi connectivity index (χ2v) is 4.44. The fraction of sp³-hybridized carbons (Fsp3) is 0.286. The molecule has 110 valence electrons. The summed E-state index contributed by atoms with van der Waals surface area (Å²) < 4.78 is 5.12. The molecule has 0 unspecified atom stereocenters. The van der Waals surface area contributed by atoms with Gasteiger partial charge in [-0.3, -0.25) is 14.6 Å². The maximum Gasteiger partial charge on any atom is 0.323 e. The maximum atomic E-state index is 12.2. The van der Waals surface area contributed by atoms with Crippen molar-refractivity contribution >= 4 is 11.9 Å². The van der Waals surface area contributed by atoms with Gasteiger partial charge in [-0.1, -0.05) is 12.1 Å². The molecule has 0 spiro atoms. The van der Waals surface area contributed by atoms with E-state index in [1.165, 1.54) is 11.0 Å². The average molecular weight is 289 g/mol. The van der Waals surface area contributed by atoms with Crippen LogP contribution in [0.1, 0.15) is 23.8 Å². The Bertz CT molecular complexity index is 624. The van der Waals surface area contributed by atoms with Crippen LogP contribution in [0.15, 0.2) is 35.1 Å². The van der Waals surface area contributed by atoms with E-state index in [4.69, 9.17) is 9.63 Å². The number of carbonyl (C=O) groups excluding carboxylic acids is 1. The lowest BCUT2D eigenvalue weighted by atomic mass is 10.2. The van der Waals surface area contributed by atoms with Gasteiger partial charge in [0.1, 0.15) is 6.54 Å². The van der Waals surface area contributed by atoms with Crippen molar-refractivity contribution in [1.29, 1.82) is 0 Å². The van der Waals surface area contributed by atoms with Crippen LogP contribution >= 0.6 is 0 Å². The van der Waals surface area contributed by atoms with Crippen molar-refractivity contribution < 1.29 is 19.2 Å². The van der Waals surface area contributed by atoms with Crippen molar-refractivity contribution in [3.05, 3.63) is 36.3 Å². The predicted octanol–water partition coefficient (Wildman–Crippen LogP) is 1.67. The van der Waals surface area contributed by atoms with Crippen LogP contribution in [0.4, 0.5) is 0 Å². The second kappa shape index (κ2) is 6.65. The molecule has 0 bridgehead atoms. The molecule has 2 heterocycles. The van der Waals surface area contributed by atoms with Gasteiger partial charge in [0.05, 0.1) is 0 Å². The van der Waals surface area contributed by atoms with Gasteiger partial charge in [0.25, 0.3) is 5.91 Å². The minimum atomic E-state index is -1.06. The molecule has 1 amide bonds. The molecule has 2 rings (SSSR count). The Kier molecular flexibility index (Phi) is 4.65. The van der Waals surface area contributed by atoms with E-state index >= 15 is 0 Å². The molecule has 0 saturated heterocycles. The number of pyridine rings is 1. The van der Waals surface area contributed by atoms with Crippen molar-refractivity contribution in [3.63, 3.8) is 0 Å². The van der Waals surface area contributed by atoms with Gasteiger partial charge in [0.15, 0.2) is 11.5 Å². The molecule has 2 aromatic heterocycles. The van der Waals surface area contributed by atoms with Gasteiger partial charge in [-0.15, -0.1) is 0 Å². The van der Waals surface area contributed by atoms with Crippen molar-refractivity contribution in [1.82, 2.24) is 15.0 Å². The summed E-state index contributed by atoms with van der Waals surface area (Å²) in [4.78, 5) is 28.2. The van der Waals surface area contributed by atoms with Gasteiger partial charge < -0.3 is 14.5 Å². The highest BCUT2D eigenvalue weighted by Gasteiger charge is 2.21. The van der Waals surface area contributed by atoms with Crippen LogP contribution in [0.25, 0.3) is 11.3 Å². The Morgan fingerprint density at radius 3 is 2.86 bits per heavy atom. The maximum absolute atomic E-state index is 12.2. The average Bonchev–Trinajstić information content (AvgIpc) is 2.96. The van der Waals surface area contributed by atoms with Crippen molar-refractivity contribution in [2.45, 2.75) is 13.3 Å². The van der Waals surface area contributed by atoms with Gasteiger partial charge >= 0.3 is 5.97 Å². The van der Waals surface area contributed by atoms with Gasteiger partial charge in [-0.2, -0.15) is 0 Å². The lowest BCUT2D eigenvalue weighted by Crippen LogP contribution is -2.36. The molecule has 0 saturated carbocycles. The minimum absolute atomic E-state index is 0.0866. The third kappa shape index (κ3) is 3.65. The molecule has 0 aliphatic carbocycles. The molecular formula is C14H15N3O4. The van der Waals surface area contributed by atoms with Crippen LogP contribution in [0.5, 0.6) is 0 Å². The Hall–Kier alpha value is -2.70. The number of hydrogen-bond donors (Lipinski definition) is 1. The first-order valence-corrected chi connectivity index (χ1v) is 6.50. The number of amides is 1. The predicted molar refractivity (Wildman–Crippen MR) is 73.6 cm³/mol. The highest BCUT2D eigenvalue weighted by Crippen LogP contribution is 2.19. The molecule has 0 fully saturated rings. The smallest absolute Gasteiger partial charge is 0.323 e. The zero-order chi connectivity index (χ0) is 15.2. The summed E-state index contributed by atoms with van der Waals surface area (Å²) in [6.07, 6.45) is 3.88. The monoisotopic (exact) mass is 289 g/mol. The third-order valence-electron chi connectivity index (χ3n) is 2.78. The molecule has 0 aromatic carbocycles. The summed E-state index contributed by atoms with van der Waals surface area (Å²) in [6, 6.07) is 5.01. The highest BCUT2D eigenvalue weighted by atomic mass is 16.5. The minimum Gasteiger partial charge on any atom is -0.480 e. The topological polar surface area (TPSA) is 96.5 Å². The van der Waals surface area contributed by atoms with Gasteiger partial charge in [-0.05, 0) is 18.6 Å². The first-order chi connectivity index (χ1) is 10.1. The normalized spacial score (nSPS) is 10.3. The van der Waals surface area contributed by atoms with E-state index in [-0.39, 0.29) is 12.2 Å². The summed E-state index contributed by atoms with van der Waals surface area (Å²) >= 11 is 0. The number of aliphatic carboxylic acids is 1. The van der Waals surface area contributed by atoms with E-state index in [1.807, 2.05) is 6.92 Å². The highest BCUT2D eigenvalue weighted by molar-refractivity contribution is 5.94. The van der Waals surface area contributed by atoms with E-state index in [0.29, 0.717) is 24.3 Å². The van der Waals surface area contributed by atoms with E-state index in [2.05, 4.69) is 10.1 Å². The van der Waals surface area contributed by atoms with Gasteiger partial charge in [-0.25, -0.2) is 0 Å². The van der Waals surface area contributed by atoms with E-state index in [9.17, 15) is 9.59 Å². The Labute approximate surface area is 121 Å². The largest absolute Gasteiger partial charge is 0.480 e. The first kappa shape index (κ1) is 14.7. The molecule has 7 nitrogen and oxygen atoms in total. The Morgan fingerprint density at radius 2 is 2.24 bits per heavy atom. The quantitative estimate of drug-likeness (QED) is 0.869. The van der Waals surface area contributed by atoms with Crippen LogP contribution in [0.3, 0.4) is 0 Å². The summed E-state index contributed by atoms with van der Waals surface area (Å²) in [7, 11) is 0. The molecular weight excluding hydrogens is 274 g/mol. The van der Waals surface area contributed by atoms with Crippen LogP contribution in [0.2, 0.25) is 0 Å². The van der Waals surface area contributed by atoms with Gasteiger partial charge in [0.2, 0.25) is 0 Å². The van der Waals surface area contributed by atoms with Crippen LogP contribution in [0, 0.1) is 0 Å². The van der Waals surface area contributed by atoms with Crippen molar-refractivity contribution in [2.24, 2.45) is 0 Å². The molecule has 0 aliphatic rings.